The Kier molecular flexibility index (Phi) is 3.92. The number of fused-ring (bicyclic) bond motifs is 1. The van der Waals surface area contributed by atoms with Crippen LogP contribution in [0.25, 0.3) is 15.0 Å². The van der Waals surface area contributed by atoms with Gasteiger partial charge in [0.25, 0.3) is 5.91 Å². The molecule has 118 valence electrons. The van der Waals surface area contributed by atoms with E-state index >= 15 is 0 Å². The summed E-state index contributed by atoms with van der Waals surface area (Å²) in [5.41, 5.74) is 0.524. The second kappa shape index (κ2) is 5.89. The molecule has 0 aliphatic heterocycles. The summed E-state index contributed by atoms with van der Waals surface area (Å²) in [6, 6.07) is 12.9. The fraction of sp³-hybridized carbons (Fsp3) is 0.176. The molecule has 3 aromatic rings. The second-order valence-corrected chi connectivity index (χ2v) is 7.02. The van der Waals surface area contributed by atoms with Crippen molar-refractivity contribution in [2.75, 3.05) is 14.2 Å². The molecule has 5 nitrogen and oxygen atoms in total. The Labute approximate surface area is 136 Å². The van der Waals surface area contributed by atoms with Crippen LogP contribution >= 0.6 is 10.7 Å². The van der Waals surface area contributed by atoms with Crippen LogP contribution in [0.4, 0.5) is 0 Å². The molecule has 1 atom stereocenters. The molecule has 0 bridgehead atoms. The number of amides is 1. The van der Waals surface area contributed by atoms with Crippen molar-refractivity contribution < 1.29 is 9.53 Å². The molecule has 0 aliphatic carbocycles. The highest BCUT2D eigenvalue weighted by Gasteiger charge is 2.28. The van der Waals surface area contributed by atoms with Crippen molar-refractivity contribution >= 4 is 26.7 Å². The highest BCUT2D eigenvalue weighted by molar-refractivity contribution is 7.41. The molecular formula is C17H17N2O3S+. The Morgan fingerprint density at radius 3 is 2.65 bits per heavy atom. The third-order valence-electron chi connectivity index (χ3n) is 3.75. The first-order chi connectivity index (χ1) is 11.1. The van der Waals surface area contributed by atoms with Gasteiger partial charge in [0.15, 0.2) is 0 Å². The third-order valence-corrected chi connectivity index (χ3v) is 6.01. The van der Waals surface area contributed by atoms with Crippen LogP contribution < -0.4 is 15.6 Å². The summed E-state index contributed by atoms with van der Waals surface area (Å²) in [4.78, 5) is 25.6. The summed E-state index contributed by atoms with van der Waals surface area (Å²) in [5, 5.41) is 3.28. The second-order valence-electron chi connectivity index (χ2n) is 5.02. The summed E-state index contributed by atoms with van der Waals surface area (Å²) in [6.07, 6.45) is 0. The first kappa shape index (κ1) is 15.3. The number of aromatic nitrogens is 1. The van der Waals surface area contributed by atoms with Gasteiger partial charge in [-0.25, -0.2) is 0 Å². The Morgan fingerprint density at radius 1 is 1.22 bits per heavy atom. The largest absolute Gasteiger partial charge is 0.497 e. The minimum Gasteiger partial charge on any atom is -0.497 e. The lowest BCUT2D eigenvalue weighted by atomic mass is 10.2. The molecule has 0 saturated carbocycles. The number of nitrogens with zero attached hydrogens (tertiary/aromatic N) is 1. The number of rotatable bonds is 3. The van der Waals surface area contributed by atoms with Crippen LogP contribution in [-0.2, 0) is 7.05 Å². The van der Waals surface area contributed by atoms with E-state index < -0.39 is 10.7 Å². The minimum absolute atomic E-state index is 0.0612. The van der Waals surface area contributed by atoms with Gasteiger partial charge in [-0.1, -0.05) is 12.1 Å². The average Bonchev–Trinajstić information content (AvgIpc) is 2.84. The fourth-order valence-electron chi connectivity index (χ4n) is 2.60. The van der Waals surface area contributed by atoms with Crippen LogP contribution in [0.1, 0.15) is 10.4 Å². The minimum atomic E-state index is -0.617. The molecule has 6 heteroatoms. The summed E-state index contributed by atoms with van der Waals surface area (Å²) < 4.78 is 7.81. The lowest BCUT2D eigenvalue weighted by Gasteiger charge is -2.02. The normalized spacial score (nSPS) is 11.5. The van der Waals surface area contributed by atoms with Crippen LogP contribution in [0.15, 0.2) is 47.3 Å². The molecule has 1 N–H and O–H groups in total. The van der Waals surface area contributed by atoms with Crippen molar-refractivity contribution in [3.8, 4) is 10.6 Å². The first-order valence-corrected chi connectivity index (χ1v) is 8.28. The smallest absolute Gasteiger partial charge is 0.304 e. The Balaban J connectivity index is 2.36. The van der Waals surface area contributed by atoms with E-state index in [0.717, 1.165) is 9.60 Å². The predicted molar refractivity (Wildman–Crippen MR) is 92.9 cm³/mol. The van der Waals surface area contributed by atoms with Gasteiger partial charge >= 0.3 is 5.56 Å². The topological polar surface area (TPSA) is 60.3 Å². The molecule has 0 spiro atoms. The van der Waals surface area contributed by atoms with Gasteiger partial charge in [-0.2, -0.15) is 0 Å². The van der Waals surface area contributed by atoms with Gasteiger partial charge in [0.05, 0.1) is 14.2 Å². The van der Waals surface area contributed by atoms with E-state index in [-0.39, 0.29) is 11.5 Å². The van der Waals surface area contributed by atoms with E-state index in [0.29, 0.717) is 16.7 Å². The van der Waals surface area contributed by atoms with Crippen molar-refractivity contribution in [1.29, 1.82) is 0 Å². The maximum absolute atomic E-state index is 12.6. The van der Waals surface area contributed by atoms with Crippen LogP contribution in [0, 0.1) is 0 Å². The standard InChI is InChI=1S/C17H16N2O3S/c1-18-16(20)12-6-4-5-7-14(12)23-15-9-8-11(22-3)10-13(15)17(21)19(23)2/h4-10H,1-3H3/p+1. The molecule has 2 aromatic carbocycles. The molecule has 1 aromatic heterocycles. The number of benzene rings is 2. The van der Waals surface area contributed by atoms with E-state index in [4.69, 9.17) is 4.74 Å². The Morgan fingerprint density at radius 2 is 1.96 bits per heavy atom. The van der Waals surface area contributed by atoms with Gasteiger partial charge in [0.1, 0.15) is 27.4 Å². The molecular weight excluding hydrogens is 312 g/mol. The molecule has 1 heterocycles. The fourth-order valence-corrected chi connectivity index (χ4v) is 4.81. The van der Waals surface area contributed by atoms with Crippen molar-refractivity contribution in [3.05, 3.63) is 58.4 Å². The van der Waals surface area contributed by atoms with Gasteiger partial charge in [-0.3, -0.25) is 9.59 Å². The van der Waals surface area contributed by atoms with Crippen LogP contribution in [0.3, 0.4) is 0 Å². The first-order valence-electron chi connectivity index (χ1n) is 7.10. The SMILES string of the molecule is CNC(=O)c1ccccc1-[s+]1c2ccc(OC)cc2c(=O)n1C. The molecule has 3 rings (SSSR count). The van der Waals surface area contributed by atoms with Gasteiger partial charge in [-0.15, -0.1) is 3.96 Å². The molecule has 0 radical (unpaired) electrons. The van der Waals surface area contributed by atoms with E-state index in [2.05, 4.69) is 5.32 Å². The molecule has 23 heavy (non-hydrogen) atoms. The number of hydrogen-bond acceptors (Lipinski definition) is 3. The average molecular weight is 329 g/mol. The summed E-state index contributed by atoms with van der Waals surface area (Å²) >= 11 is 0. The third kappa shape index (κ3) is 2.41. The molecule has 0 fully saturated rings. The number of nitrogens with one attached hydrogen (secondary N) is 1. The van der Waals surface area contributed by atoms with E-state index in [1.807, 2.05) is 30.3 Å². The van der Waals surface area contributed by atoms with Crippen molar-refractivity contribution in [3.63, 3.8) is 0 Å². The quantitative estimate of drug-likeness (QED) is 0.752. The monoisotopic (exact) mass is 329 g/mol. The number of hydrogen-bond donors (Lipinski definition) is 1. The molecule has 0 aliphatic rings. The highest BCUT2D eigenvalue weighted by Crippen LogP contribution is 2.39. The van der Waals surface area contributed by atoms with Gasteiger partial charge < -0.3 is 10.1 Å². The van der Waals surface area contributed by atoms with Crippen molar-refractivity contribution in [1.82, 2.24) is 9.27 Å². The van der Waals surface area contributed by atoms with E-state index in [9.17, 15) is 9.59 Å². The number of carbonyl (C=O) groups is 1. The summed E-state index contributed by atoms with van der Waals surface area (Å²) in [5.74, 6) is 0.492. The van der Waals surface area contributed by atoms with Gasteiger partial charge in [0, 0.05) is 19.2 Å². The highest BCUT2D eigenvalue weighted by atomic mass is 32.2. The Hall–Kier alpha value is -2.60. The molecule has 0 saturated heterocycles. The summed E-state index contributed by atoms with van der Waals surface area (Å²) in [7, 11) is 4.32. The number of methoxy groups -OCH3 is 1. The van der Waals surface area contributed by atoms with Crippen LogP contribution in [0.5, 0.6) is 5.75 Å². The number of ether oxygens (including phenoxy) is 1. The summed E-state index contributed by atoms with van der Waals surface area (Å²) in [6.45, 7) is 0. The Bertz CT molecular complexity index is 956. The maximum atomic E-state index is 12.6. The van der Waals surface area contributed by atoms with E-state index in [1.165, 1.54) is 0 Å². The molecule has 1 unspecified atom stereocenters. The zero-order chi connectivity index (χ0) is 16.6. The van der Waals surface area contributed by atoms with Gasteiger partial charge in [0.2, 0.25) is 9.60 Å². The lowest BCUT2D eigenvalue weighted by molar-refractivity contribution is 0.0964. The van der Waals surface area contributed by atoms with Gasteiger partial charge in [-0.05, 0) is 18.2 Å². The van der Waals surface area contributed by atoms with Crippen molar-refractivity contribution in [2.24, 2.45) is 7.05 Å². The van der Waals surface area contributed by atoms with Crippen molar-refractivity contribution in [2.45, 2.75) is 0 Å². The lowest BCUT2D eigenvalue weighted by Crippen LogP contribution is -2.18. The predicted octanol–water partition coefficient (Wildman–Crippen LogP) is 2.65. The zero-order valence-corrected chi connectivity index (χ0v) is 13.9. The zero-order valence-electron chi connectivity index (χ0n) is 13.1. The van der Waals surface area contributed by atoms with Crippen LogP contribution in [0.2, 0.25) is 0 Å². The number of carbonyl (C=O) groups excluding carboxylic acids is 1. The van der Waals surface area contributed by atoms with E-state index in [1.54, 1.807) is 37.3 Å². The molecule has 1 amide bonds. The maximum Gasteiger partial charge on any atom is 0.304 e. The van der Waals surface area contributed by atoms with Crippen LogP contribution in [-0.4, -0.2) is 24.0 Å².